The Kier molecular flexibility index (Phi) is 13.2. The Balaban J connectivity index is 2.56. The Bertz CT molecular complexity index is 1030. The fourth-order valence-corrected chi connectivity index (χ4v) is 8.10. The maximum atomic E-state index is 14.1. The summed E-state index contributed by atoms with van der Waals surface area (Å²) in [4.78, 5) is 47.6. The van der Waals surface area contributed by atoms with Gasteiger partial charge in [-0.05, 0) is 0 Å². The summed E-state index contributed by atoms with van der Waals surface area (Å²) in [5.74, 6) is -2.82. The second kappa shape index (κ2) is 15.8. The van der Waals surface area contributed by atoms with E-state index in [0.717, 1.165) is 38.1 Å². The van der Waals surface area contributed by atoms with E-state index in [4.69, 9.17) is 23.7 Å². The molecule has 1 aliphatic heterocycles. The van der Waals surface area contributed by atoms with E-state index in [1.165, 1.54) is 6.92 Å². The summed E-state index contributed by atoms with van der Waals surface area (Å²) in [6.07, 6.45) is -0.758. The molecule has 0 aliphatic carbocycles. The Morgan fingerprint density at radius 3 is 2.03 bits per heavy atom. The molecule has 1 heterocycles. The molecule has 1 aromatic rings. The van der Waals surface area contributed by atoms with Gasteiger partial charge in [-0.25, -0.2) is 0 Å². The molecule has 1 aromatic carbocycles. The molecule has 0 spiro atoms. The third kappa shape index (κ3) is 9.98. The number of hydrogen-bond acceptors (Lipinski definition) is 10. The van der Waals surface area contributed by atoms with E-state index in [0.29, 0.717) is 10.2 Å². The van der Waals surface area contributed by atoms with Crippen LogP contribution in [-0.4, -0.2) is 79.5 Å². The van der Waals surface area contributed by atoms with Crippen molar-refractivity contribution in [3.8, 4) is 0 Å². The molecular formula is C26H34O10SSe. The van der Waals surface area contributed by atoms with Crippen LogP contribution in [0.4, 0.5) is 0 Å². The van der Waals surface area contributed by atoms with E-state index in [2.05, 4.69) is 0 Å². The van der Waals surface area contributed by atoms with Crippen LogP contribution in [0.3, 0.4) is 0 Å². The van der Waals surface area contributed by atoms with Gasteiger partial charge >= 0.3 is 232 Å². The van der Waals surface area contributed by atoms with Gasteiger partial charge in [0.1, 0.15) is 0 Å². The Labute approximate surface area is 231 Å². The average molecular weight is 618 g/mol. The summed E-state index contributed by atoms with van der Waals surface area (Å²) < 4.78 is 43.3. The second-order valence-electron chi connectivity index (χ2n) is 8.45. The molecule has 0 N–H and O–H groups in total. The number of rotatable bonds is 12. The SMILES string of the molecule is CCCC/C=C(\[Se]c1ccccc1)S(=O)[C@@H]1O[C@H](COC(C)=O)[C@@H](OC(C)=O)[C@H](OC(C)=O)[C@H]1OC(C)=O. The van der Waals surface area contributed by atoms with Crippen molar-refractivity contribution in [3.05, 3.63) is 40.2 Å². The van der Waals surface area contributed by atoms with E-state index in [1.807, 2.05) is 43.3 Å². The van der Waals surface area contributed by atoms with Crippen LogP contribution < -0.4 is 4.46 Å². The molecule has 1 saturated heterocycles. The van der Waals surface area contributed by atoms with Crippen LogP contribution in [0.25, 0.3) is 0 Å². The summed E-state index contributed by atoms with van der Waals surface area (Å²) in [6, 6.07) is 9.52. The first-order valence-electron chi connectivity index (χ1n) is 12.2. The molecule has 12 heteroatoms. The van der Waals surface area contributed by atoms with Gasteiger partial charge in [-0.2, -0.15) is 0 Å². The molecule has 210 valence electrons. The first-order valence-corrected chi connectivity index (χ1v) is 15.1. The number of hydrogen-bond donors (Lipinski definition) is 0. The van der Waals surface area contributed by atoms with Gasteiger partial charge in [-0.15, -0.1) is 0 Å². The van der Waals surface area contributed by atoms with E-state index >= 15 is 0 Å². The third-order valence-corrected chi connectivity index (χ3v) is 9.86. The van der Waals surface area contributed by atoms with Crippen molar-refractivity contribution in [1.82, 2.24) is 0 Å². The molecule has 10 nitrogen and oxygen atoms in total. The Morgan fingerprint density at radius 2 is 1.47 bits per heavy atom. The van der Waals surface area contributed by atoms with Crippen molar-refractivity contribution in [1.29, 1.82) is 0 Å². The van der Waals surface area contributed by atoms with E-state index < -0.39 is 64.5 Å². The van der Waals surface area contributed by atoms with Crippen LogP contribution in [0.15, 0.2) is 40.2 Å². The van der Waals surface area contributed by atoms with Gasteiger partial charge in [0, 0.05) is 0 Å². The number of allylic oxidation sites excluding steroid dienone is 1. The van der Waals surface area contributed by atoms with Crippen molar-refractivity contribution in [3.63, 3.8) is 0 Å². The van der Waals surface area contributed by atoms with Gasteiger partial charge < -0.3 is 0 Å². The zero-order valence-corrected chi connectivity index (χ0v) is 24.6. The van der Waals surface area contributed by atoms with Crippen LogP contribution in [0.2, 0.25) is 0 Å². The van der Waals surface area contributed by atoms with Crippen LogP contribution in [0.1, 0.15) is 53.9 Å². The summed E-state index contributed by atoms with van der Waals surface area (Å²) in [5, 5.41) is 0. The van der Waals surface area contributed by atoms with Gasteiger partial charge in [0.25, 0.3) is 0 Å². The van der Waals surface area contributed by atoms with E-state index in [-0.39, 0.29) is 21.6 Å². The standard InChI is InChI=1S/C26H34O10SSe/c1-6-7-9-14-22(38-20-12-10-8-11-13-20)37(31)26-25(35-19(5)30)24(34-18(4)29)23(33-17(3)28)21(36-26)15-32-16(2)27/h8,10-14,21,23-26H,6-7,9,15H2,1-5H3/b22-14-/t21-,23-,24+,25-,26+,37?/m1/s1. The Morgan fingerprint density at radius 1 is 0.895 bits per heavy atom. The molecule has 1 aliphatic rings. The molecule has 38 heavy (non-hydrogen) atoms. The van der Waals surface area contributed by atoms with Crippen LogP contribution in [0, 0.1) is 0 Å². The van der Waals surface area contributed by atoms with Crippen molar-refractivity contribution >= 4 is 54.1 Å². The fraction of sp³-hybridized carbons (Fsp3) is 0.538. The number of unbranched alkanes of at least 4 members (excludes halogenated alkanes) is 2. The van der Waals surface area contributed by atoms with Crippen molar-refractivity contribution < 1.29 is 47.1 Å². The first-order chi connectivity index (χ1) is 18.0. The molecule has 6 atom stereocenters. The summed E-state index contributed by atoms with van der Waals surface area (Å²) in [6.45, 7) is 6.32. The predicted molar refractivity (Wildman–Crippen MR) is 140 cm³/mol. The van der Waals surface area contributed by atoms with Gasteiger partial charge in [-0.3, -0.25) is 0 Å². The zero-order valence-electron chi connectivity index (χ0n) is 22.1. The van der Waals surface area contributed by atoms with Gasteiger partial charge in [0.05, 0.1) is 0 Å². The summed E-state index contributed by atoms with van der Waals surface area (Å²) >= 11 is -0.362. The summed E-state index contributed by atoms with van der Waals surface area (Å²) in [5.41, 5.74) is -1.30. The zero-order chi connectivity index (χ0) is 28.2. The van der Waals surface area contributed by atoms with E-state index in [9.17, 15) is 23.4 Å². The molecule has 0 radical (unpaired) electrons. The molecule has 1 fully saturated rings. The van der Waals surface area contributed by atoms with Crippen LogP contribution in [0.5, 0.6) is 0 Å². The number of carbonyl (C=O) groups excluding carboxylic acids is 4. The average Bonchev–Trinajstić information content (AvgIpc) is 2.84. The molecule has 0 aromatic heterocycles. The second-order valence-corrected chi connectivity index (χ2v) is 12.9. The van der Waals surface area contributed by atoms with E-state index in [1.54, 1.807) is 0 Å². The predicted octanol–water partition coefficient (Wildman–Crippen LogP) is 1.88. The molecule has 0 bridgehead atoms. The normalized spacial score (nSPS) is 24.1. The molecule has 1 unspecified atom stereocenters. The van der Waals surface area contributed by atoms with Gasteiger partial charge in [0.15, 0.2) is 0 Å². The monoisotopic (exact) mass is 618 g/mol. The third-order valence-electron chi connectivity index (χ3n) is 5.19. The quantitative estimate of drug-likeness (QED) is 0.148. The number of benzene rings is 1. The number of esters is 4. The summed E-state index contributed by atoms with van der Waals surface area (Å²) in [7, 11) is -1.88. The molecule has 2 rings (SSSR count). The van der Waals surface area contributed by atoms with Crippen molar-refractivity contribution in [2.24, 2.45) is 0 Å². The van der Waals surface area contributed by atoms with Crippen molar-refractivity contribution in [2.45, 2.75) is 83.7 Å². The Hall–Kier alpha value is -2.53. The maximum absolute atomic E-state index is 14.1. The molecule has 0 saturated carbocycles. The minimum atomic E-state index is -1.88. The molecule has 0 amide bonds. The van der Waals surface area contributed by atoms with Gasteiger partial charge in [0.2, 0.25) is 0 Å². The molecular weight excluding hydrogens is 583 g/mol. The fourth-order valence-electron chi connectivity index (χ4n) is 3.67. The number of carbonyl (C=O) groups is 4. The van der Waals surface area contributed by atoms with Gasteiger partial charge in [-0.1, -0.05) is 0 Å². The van der Waals surface area contributed by atoms with Crippen molar-refractivity contribution in [2.75, 3.05) is 6.61 Å². The first kappa shape index (κ1) is 31.7. The van der Waals surface area contributed by atoms with Crippen LogP contribution in [-0.2, 0) is 53.7 Å². The number of ether oxygens (including phenoxy) is 5. The van der Waals surface area contributed by atoms with Crippen LogP contribution >= 0.6 is 0 Å². The topological polar surface area (TPSA) is 132 Å². The minimum absolute atomic E-state index is 0.362.